The topological polar surface area (TPSA) is 136 Å². The van der Waals surface area contributed by atoms with Crippen molar-refractivity contribution >= 4 is 23.6 Å². The lowest BCUT2D eigenvalue weighted by Crippen LogP contribution is -2.60. The third-order valence-corrected chi connectivity index (χ3v) is 10.7. The Morgan fingerprint density at radius 3 is 2.38 bits per heavy atom. The Bertz CT molecular complexity index is 1250. The van der Waals surface area contributed by atoms with Gasteiger partial charge in [0.05, 0.1) is 37.5 Å². The van der Waals surface area contributed by atoms with Gasteiger partial charge in [-0.25, -0.2) is 9.59 Å². The molecule has 48 heavy (non-hydrogen) atoms. The van der Waals surface area contributed by atoms with Crippen molar-refractivity contribution in [3.63, 3.8) is 0 Å². The highest BCUT2D eigenvalue weighted by molar-refractivity contribution is 6.06. The van der Waals surface area contributed by atoms with Crippen LogP contribution >= 0.6 is 0 Å². The second-order valence-electron chi connectivity index (χ2n) is 14.2. The molecule has 1 amide bonds. The second-order valence-corrected chi connectivity index (χ2v) is 14.2. The molecule has 272 valence electrons. The normalized spacial score (nSPS) is 42.4. The van der Waals surface area contributed by atoms with Crippen molar-refractivity contribution in [2.75, 3.05) is 33.8 Å². The van der Waals surface area contributed by atoms with Gasteiger partial charge < -0.3 is 33.7 Å². The number of halogens is 2. The molecule has 3 fully saturated rings. The van der Waals surface area contributed by atoms with Crippen LogP contribution in [0.4, 0.5) is 13.6 Å². The number of alkyl halides is 2. The van der Waals surface area contributed by atoms with Gasteiger partial charge in [0.1, 0.15) is 12.2 Å². The molecule has 14 heteroatoms. The average molecular weight is 686 g/mol. The Kier molecular flexibility index (Phi) is 11.8. The molecule has 12 nitrogen and oxygen atoms in total. The summed E-state index contributed by atoms with van der Waals surface area (Å²) in [6, 6.07) is -1.10. The van der Waals surface area contributed by atoms with Crippen molar-refractivity contribution in [1.82, 2.24) is 9.80 Å². The van der Waals surface area contributed by atoms with Crippen molar-refractivity contribution in [3.05, 3.63) is 12.7 Å². The number of ketones is 1. The predicted molar refractivity (Wildman–Crippen MR) is 172 cm³/mol. The average Bonchev–Trinajstić information content (AvgIpc) is 3.15. The second kappa shape index (κ2) is 14.8. The summed E-state index contributed by atoms with van der Waals surface area (Å²) in [5.41, 5.74) is -0.826. The first kappa shape index (κ1) is 38.3. The molecule has 0 saturated carbocycles. The van der Waals surface area contributed by atoms with E-state index < -0.39 is 89.8 Å². The van der Waals surface area contributed by atoms with Crippen LogP contribution in [0, 0.1) is 23.7 Å². The highest BCUT2D eigenvalue weighted by atomic mass is 19.3. The number of hydrogen-bond acceptors (Lipinski definition) is 11. The van der Waals surface area contributed by atoms with Crippen LogP contribution < -0.4 is 0 Å². The molecule has 0 aliphatic carbocycles. The van der Waals surface area contributed by atoms with E-state index in [0.717, 1.165) is 0 Å². The SMILES string of the molecule is C=CCO[C@@H]1[C@@H](C)[C@H](O[C@@H]2O[C@H](C)C[C@H](N(C)C)[C@H]2O)[C@@H](C)C(=O)C(F)(F)C(=O)O[C@@H](CC)[C@@]2(C)OC(=O)N3CCN=C([C@@H](C)C32)[C@@H]1C. The molecule has 0 aromatic carbocycles. The zero-order chi connectivity index (χ0) is 35.9. The van der Waals surface area contributed by atoms with E-state index in [1.165, 1.54) is 11.8 Å². The molecule has 4 aliphatic heterocycles. The minimum absolute atomic E-state index is 0.0322. The molecule has 4 heterocycles. The van der Waals surface area contributed by atoms with Crippen LogP contribution in [0.2, 0.25) is 0 Å². The summed E-state index contributed by atoms with van der Waals surface area (Å²) in [6.45, 7) is 16.1. The fourth-order valence-corrected chi connectivity index (χ4v) is 8.27. The largest absolute Gasteiger partial charge is 0.453 e. The highest BCUT2D eigenvalue weighted by Gasteiger charge is 2.62. The number of Topliss-reactive ketones (excluding diaryl/α,β-unsaturated/α-hetero) is 1. The van der Waals surface area contributed by atoms with Gasteiger partial charge in [0, 0.05) is 42.0 Å². The molecular formula is C34H53F2N3O9. The van der Waals surface area contributed by atoms with Gasteiger partial charge in [-0.05, 0) is 40.8 Å². The van der Waals surface area contributed by atoms with E-state index >= 15 is 8.78 Å². The molecule has 1 unspecified atom stereocenters. The maximum atomic E-state index is 16.0. The third kappa shape index (κ3) is 6.92. The first-order valence-corrected chi connectivity index (χ1v) is 17.0. The van der Waals surface area contributed by atoms with E-state index in [2.05, 4.69) is 6.58 Å². The summed E-state index contributed by atoms with van der Waals surface area (Å²) < 4.78 is 61.9. The molecule has 4 aliphatic rings. The zero-order valence-electron chi connectivity index (χ0n) is 29.6. The number of aliphatic imine (C=N–C) groups is 1. The number of cyclic esters (lactones) is 1. The van der Waals surface area contributed by atoms with Crippen LogP contribution in [-0.2, 0) is 33.3 Å². The van der Waals surface area contributed by atoms with Crippen molar-refractivity contribution in [1.29, 1.82) is 0 Å². The number of nitrogens with zero attached hydrogens (tertiary/aromatic N) is 3. The van der Waals surface area contributed by atoms with Crippen LogP contribution in [0.5, 0.6) is 0 Å². The quantitative estimate of drug-likeness (QED) is 0.241. The molecule has 0 aromatic rings. The standard InChI is InChI=1S/C34H53F2N3O9/c1-11-15-44-26-18(4)24-19(5)28-33(8,48-32(43)39(28)14-13-37-24)23(12-2)46-31(42)34(35,36)29(41)21(7)27(20(26)6)47-30-25(40)22(38(9)10)16-17(3)45-30/h11,17-23,25-28,30,40H,1,12-16H2,2-10H3/t17-,18+,19-,20-,21-,22+,23+,25-,26+,27+,28?,30+,33-/m1/s1. The lowest BCUT2D eigenvalue weighted by Gasteiger charge is -2.45. The maximum Gasteiger partial charge on any atom is 0.410 e. The van der Waals surface area contributed by atoms with Gasteiger partial charge >= 0.3 is 18.0 Å². The van der Waals surface area contributed by atoms with Crippen LogP contribution in [0.1, 0.15) is 61.3 Å². The zero-order valence-corrected chi connectivity index (χ0v) is 29.6. The van der Waals surface area contributed by atoms with E-state index in [0.29, 0.717) is 12.1 Å². The van der Waals surface area contributed by atoms with Crippen molar-refractivity contribution in [2.45, 2.75) is 122 Å². The number of esters is 1. The van der Waals surface area contributed by atoms with E-state index in [-0.39, 0.29) is 38.3 Å². The summed E-state index contributed by atoms with van der Waals surface area (Å²) in [6.07, 6.45) is -4.75. The molecule has 0 radical (unpaired) electrons. The number of amides is 1. The van der Waals surface area contributed by atoms with E-state index in [4.69, 9.17) is 28.7 Å². The smallest absolute Gasteiger partial charge is 0.410 e. The number of likely N-dealkylation sites (N-methyl/N-ethyl adjacent to an activating group) is 1. The van der Waals surface area contributed by atoms with Gasteiger partial charge in [0.2, 0.25) is 5.78 Å². The molecule has 0 aromatic heterocycles. The number of carbonyl (C=O) groups is 3. The van der Waals surface area contributed by atoms with Crippen LogP contribution in [0.15, 0.2) is 17.6 Å². The Morgan fingerprint density at radius 1 is 1.10 bits per heavy atom. The van der Waals surface area contributed by atoms with Gasteiger partial charge in [-0.1, -0.05) is 40.7 Å². The van der Waals surface area contributed by atoms with Gasteiger partial charge in [0.15, 0.2) is 11.9 Å². The molecule has 3 saturated heterocycles. The Hall–Kier alpha value is -2.52. The summed E-state index contributed by atoms with van der Waals surface area (Å²) in [5.74, 6) is -11.6. The molecular weight excluding hydrogens is 632 g/mol. The van der Waals surface area contributed by atoms with E-state index in [1.54, 1.807) is 40.9 Å². The Labute approximate surface area is 282 Å². The highest BCUT2D eigenvalue weighted by Crippen LogP contribution is 2.44. The maximum absolute atomic E-state index is 16.0. The van der Waals surface area contributed by atoms with Crippen LogP contribution in [0.3, 0.4) is 0 Å². The molecule has 0 spiro atoms. The number of hydrogen-bond donors (Lipinski definition) is 1. The number of ether oxygens (including phenoxy) is 5. The number of aliphatic hydroxyl groups excluding tert-OH is 1. The van der Waals surface area contributed by atoms with Gasteiger partial charge in [-0.15, -0.1) is 6.58 Å². The molecule has 4 rings (SSSR count). The van der Waals surface area contributed by atoms with Crippen molar-refractivity contribution < 1.29 is 52.0 Å². The van der Waals surface area contributed by atoms with E-state index in [9.17, 15) is 19.5 Å². The summed E-state index contributed by atoms with van der Waals surface area (Å²) >= 11 is 0. The van der Waals surface area contributed by atoms with Gasteiger partial charge in [-0.2, -0.15) is 8.78 Å². The fraction of sp³-hybridized carbons (Fsp3) is 0.824. The lowest BCUT2D eigenvalue weighted by molar-refractivity contribution is -0.282. The summed E-state index contributed by atoms with van der Waals surface area (Å²) in [5, 5.41) is 11.3. The van der Waals surface area contributed by atoms with Gasteiger partial charge in [0.25, 0.3) is 0 Å². The van der Waals surface area contributed by atoms with Crippen molar-refractivity contribution in [2.24, 2.45) is 28.7 Å². The monoisotopic (exact) mass is 685 g/mol. The molecule has 13 atom stereocenters. The Morgan fingerprint density at radius 2 is 1.77 bits per heavy atom. The number of carbonyl (C=O) groups excluding carboxylic acids is 3. The Balaban J connectivity index is 1.87. The minimum Gasteiger partial charge on any atom is -0.453 e. The first-order valence-electron chi connectivity index (χ1n) is 17.0. The predicted octanol–water partition coefficient (Wildman–Crippen LogP) is 3.49. The van der Waals surface area contributed by atoms with Crippen molar-refractivity contribution in [3.8, 4) is 0 Å². The summed E-state index contributed by atoms with van der Waals surface area (Å²) in [4.78, 5) is 48.5. The van der Waals surface area contributed by atoms with Crippen LogP contribution in [0.25, 0.3) is 0 Å². The van der Waals surface area contributed by atoms with Crippen LogP contribution in [-0.4, -0.2) is 133 Å². The number of rotatable bonds is 7. The first-order chi connectivity index (χ1) is 22.4. The molecule has 2 bridgehead atoms. The van der Waals surface area contributed by atoms with E-state index in [1.807, 2.05) is 25.7 Å². The molecule has 1 N–H and O–H groups in total. The van der Waals surface area contributed by atoms with Gasteiger partial charge in [-0.3, -0.25) is 14.7 Å². The third-order valence-electron chi connectivity index (χ3n) is 10.7. The lowest BCUT2D eigenvalue weighted by atomic mass is 9.73. The number of aliphatic hydroxyl groups is 1. The number of fused-ring (bicyclic) bond motifs is 1. The fourth-order valence-electron chi connectivity index (χ4n) is 8.27. The summed E-state index contributed by atoms with van der Waals surface area (Å²) in [7, 11) is 3.61. The minimum atomic E-state index is -4.58.